The van der Waals surface area contributed by atoms with E-state index in [0.29, 0.717) is 12.0 Å². The predicted molar refractivity (Wildman–Crippen MR) is 65.4 cm³/mol. The zero-order valence-corrected chi connectivity index (χ0v) is 11.3. The summed E-state index contributed by atoms with van der Waals surface area (Å²) in [4.78, 5) is 4.77. The fraction of sp³-hybridized carbons (Fsp3) is 0.909. The zero-order valence-electron chi connectivity index (χ0n) is 11.3. The van der Waals surface area contributed by atoms with Crippen LogP contribution in [-0.2, 0) is 7.05 Å². The number of aryl methyl sites for hydroxylation is 1. The summed E-state index contributed by atoms with van der Waals surface area (Å²) < 4.78 is 1.76. The molecule has 2 heterocycles. The second-order valence-corrected chi connectivity index (χ2v) is 5.30. The summed E-state index contributed by atoms with van der Waals surface area (Å²) in [5.41, 5.74) is 0. The maximum absolute atomic E-state index is 4.10. The Balaban J connectivity index is 2.08. The summed E-state index contributed by atoms with van der Waals surface area (Å²) in [5, 5.41) is 11.7. The Morgan fingerprint density at radius 3 is 2.53 bits per heavy atom. The summed E-state index contributed by atoms with van der Waals surface area (Å²) in [6.45, 7) is 6.68. The van der Waals surface area contributed by atoms with Crippen molar-refractivity contribution in [3.8, 4) is 0 Å². The van der Waals surface area contributed by atoms with Crippen molar-refractivity contribution >= 4 is 0 Å². The minimum absolute atomic E-state index is 0.280. The minimum atomic E-state index is 0.280. The molecule has 0 spiro atoms. The molecule has 0 radical (unpaired) electrons. The normalized spacial score (nSPS) is 27.9. The van der Waals surface area contributed by atoms with Crippen molar-refractivity contribution in [1.82, 2.24) is 30.0 Å². The largest absolute Gasteiger partial charge is 0.305 e. The van der Waals surface area contributed by atoms with Gasteiger partial charge in [-0.05, 0) is 37.4 Å². The van der Waals surface area contributed by atoms with Gasteiger partial charge in [-0.2, -0.15) is 0 Å². The maximum atomic E-state index is 4.10. The Morgan fingerprint density at radius 2 is 2.06 bits per heavy atom. The Kier molecular flexibility index (Phi) is 3.44. The molecular weight excluding hydrogens is 216 g/mol. The summed E-state index contributed by atoms with van der Waals surface area (Å²) in [6.07, 6.45) is 0. The molecule has 3 atom stereocenters. The molecule has 0 N–H and O–H groups in total. The van der Waals surface area contributed by atoms with Gasteiger partial charge in [-0.1, -0.05) is 6.92 Å². The van der Waals surface area contributed by atoms with Gasteiger partial charge in [0, 0.05) is 26.2 Å². The van der Waals surface area contributed by atoms with Gasteiger partial charge in [-0.3, -0.25) is 4.90 Å². The Bertz CT molecular complexity index is 374. The summed E-state index contributed by atoms with van der Waals surface area (Å²) in [7, 11) is 6.20. The van der Waals surface area contributed by atoms with E-state index in [4.69, 9.17) is 0 Å². The van der Waals surface area contributed by atoms with Crippen LogP contribution in [0.25, 0.3) is 0 Å². The minimum Gasteiger partial charge on any atom is -0.305 e. The van der Waals surface area contributed by atoms with E-state index < -0.39 is 0 Å². The monoisotopic (exact) mass is 238 g/mol. The molecule has 96 valence electrons. The highest BCUT2D eigenvalue weighted by Gasteiger charge is 2.34. The van der Waals surface area contributed by atoms with Crippen molar-refractivity contribution in [2.75, 3.05) is 27.2 Å². The molecule has 6 nitrogen and oxygen atoms in total. The van der Waals surface area contributed by atoms with Gasteiger partial charge in [0.25, 0.3) is 0 Å². The number of nitrogens with zero attached hydrogens (tertiary/aromatic N) is 6. The molecule has 1 aliphatic rings. The highest BCUT2D eigenvalue weighted by atomic mass is 15.5. The van der Waals surface area contributed by atoms with Crippen LogP contribution in [0, 0.1) is 5.92 Å². The third-order valence-electron chi connectivity index (χ3n) is 3.84. The lowest BCUT2D eigenvalue weighted by atomic mass is 10.1. The third-order valence-corrected chi connectivity index (χ3v) is 3.84. The van der Waals surface area contributed by atoms with Crippen molar-refractivity contribution in [3.05, 3.63) is 5.82 Å². The number of rotatable bonds is 3. The van der Waals surface area contributed by atoms with Crippen LogP contribution in [-0.4, -0.2) is 63.2 Å². The van der Waals surface area contributed by atoms with Gasteiger partial charge in [0.05, 0.1) is 6.04 Å². The number of tetrazole rings is 1. The number of hydrogen-bond acceptors (Lipinski definition) is 5. The molecule has 0 aromatic carbocycles. The van der Waals surface area contributed by atoms with Crippen molar-refractivity contribution in [2.24, 2.45) is 13.0 Å². The quantitative estimate of drug-likeness (QED) is 0.750. The average Bonchev–Trinajstić information content (AvgIpc) is 2.83. The van der Waals surface area contributed by atoms with Crippen molar-refractivity contribution in [2.45, 2.75) is 25.9 Å². The number of aromatic nitrogens is 4. The van der Waals surface area contributed by atoms with Gasteiger partial charge >= 0.3 is 0 Å². The average molecular weight is 238 g/mol. The van der Waals surface area contributed by atoms with Crippen LogP contribution >= 0.6 is 0 Å². The Labute approximate surface area is 103 Å². The van der Waals surface area contributed by atoms with Gasteiger partial charge in [0.1, 0.15) is 0 Å². The summed E-state index contributed by atoms with van der Waals surface area (Å²) in [6, 6.07) is 0.904. The standard InChI is InChI=1S/C11H22N6/c1-8-6-17(7-10(8)15(3)4)9(2)11-12-13-14-16(11)5/h8-10H,6-7H2,1-5H3. The summed E-state index contributed by atoms with van der Waals surface area (Å²) >= 11 is 0. The molecule has 1 saturated heterocycles. The predicted octanol–water partition coefficient (Wildman–Crippen LogP) is 0.153. The fourth-order valence-electron chi connectivity index (χ4n) is 2.73. The highest BCUT2D eigenvalue weighted by Crippen LogP contribution is 2.27. The van der Waals surface area contributed by atoms with Gasteiger partial charge < -0.3 is 4.90 Å². The molecule has 1 aliphatic heterocycles. The van der Waals surface area contributed by atoms with Crippen molar-refractivity contribution in [3.63, 3.8) is 0 Å². The molecule has 0 aliphatic carbocycles. The lowest BCUT2D eigenvalue weighted by Crippen LogP contribution is -2.35. The molecule has 2 rings (SSSR count). The van der Waals surface area contributed by atoms with Crippen molar-refractivity contribution < 1.29 is 0 Å². The molecule has 0 bridgehead atoms. The van der Waals surface area contributed by atoms with Gasteiger partial charge in [0.15, 0.2) is 5.82 Å². The van der Waals surface area contributed by atoms with E-state index in [0.717, 1.165) is 18.9 Å². The molecule has 1 aromatic rings. The van der Waals surface area contributed by atoms with Gasteiger partial charge in [-0.15, -0.1) is 5.10 Å². The lowest BCUT2D eigenvalue weighted by molar-refractivity contribution is 0.217. The first kappa shape index (κ1) is 12.4. The topological polar surface area (TPSA) is 50.1 Å². The van der Waals surface area contributed by atoms with Crippen LogP contribution in [0.4, 0.5) is 0 Å². The smallest absolute Gasteiger partial charge is 0.167 e. The van der Waals surface area contributed by atoms with Crippen LogP contribution in [0.1, 0.15) is 25.7 Å². The zero-order chi connectivity index (χ0) is 12.6. The first-order valence-corrected chi connectivity index (χ1v) is 6.13. The first-order valence-electron chi connectivity index (χ1n) is 6.13. The van der Waals surface area contributed by atoms with Gasteiger partial charge in [0.2, 0.25) is 0 Å². The highest BCUT2D eigenvalue weighted by molar-refractivity contribution is 4.96. The van der Waals surface area contributed by atoms with Crippen LogP contribution in [0.5, 0.6) is 0 Å². The number of likely N-dealkylation sites (tertiary alicyclic amines) is 1. The third kappa shape index (κ3) is 2.32. The second kappa shape index (κ2) is 4.70. The van der Waals surface area contributed by atoms with E-state index in [-0.39, 0.29) is 6.04 Å². The van der Waals surface area contributed by atoms with Crippen LogP contribution < -0.4 is 0 Å². The van der Waals surface area contributed by atoms with Crippen molar-refractivity contribution in [1.29, 1.82) is 0 Å². The lowest BCUT2D eigenvalue weighted by Gasteiger charge is -2.24. The van der Waals surface area contributed by atoms with E-state index >= 15 is 0 Å². The Hall–Kier alpha value is -1.01. The molecule has 0 amide bonds. The van der Waals surface area contributed by atoms with Gasteiger partial charge in [-0.25, -0.2) is 4.68 Å². The summed E-state index contributed by atoms with van der Waals surface area (Å²) in [5.74, 6) is 1.63. The molecule has 1 fully saturated rings. The second-order valence-electron chi connectivity index (χ2n) is 5.30. The van der Waals surface area contributed by atoms with E-state index in [2.05, 4.69) is 53.3 Å². The first-order chi connectivity index (χ1) is 8.00. The number of likely N-dealkylation sites (N-methyl/N-ethyl adjacent to an activating group) is 1. The van der Waals surface area contributed by atoms with E-state index in [1.54, 1.807) is 4.68 Å². The SMILES string of the molecule is CC1CN(C(C)c2nnnn2C)CC1N(C)C. The van der Waals surface area contributed by atoms with E-state index in [1.807, 2.05) is 7.05 Å². The number of hydrogen-bond donors (Lipinski definition) is 0. The maximum Gasteiger partial charge on any atom is 0.167 e. The molecule has 6 heteroatoms. The van der Waals surface area contributed by atoms with Crippen LogP contribution in [0.3, 0.4) is 0 Å². The van der Waals surface area contributed by atoms with Crippen LogP contribution in [0.15, 0.2) is 0 Å². The van der Waals surface area contributed by atoms with E-state index in [1.165, 1.54) is 0 Å². The van der Waals surface area contributed by atoms with Crippen LogP contribution in [0.2, 0.25) is 0 Å². The fourth-order valence-corrected chi connectivity index (χ4v) is 2.73. The van der Waals surface area contributed by atoms with E-state index in [9.17, 15) is 0 Å². The molecule has 0 saturated carbocycles. The molecule has 17 heavy (non-hydrogen) atoms. The molecular formula is C11H22N6. The molecule has 3 unspecified atom stereocenters. The molecule has 1 aromatic heterocycles. The Morgan fingerprint density at radius 1 is 1.35 bits per heavy atom.